The molecule has 2 rings (SSSR count). The molecule has 6 heteroatoms. The minimum Gasteiger partial charge on any atom is -0.477 e. The molecule has 2 heterocycles. The molecule has 0 saturated carbocycles. The molecule has 0 aliphatic heterocycles. The lowest BCUT2D eigenvalue weighted by molar-refractivity contribution is 0.102. The Balaban J connectivity index is 2.15. The highest BCUT2D eigenvalue weighted by atomic mass is 16.5. The van der Waals surface area contributed by atoms with Gasteiger partial charge in [0.2, 0.25) is 5.88 Å². The van der Waals surface area contributed by atoms with Gasteiger partial charge >= 0.3 is 0 Å². The molecular formula is C14H18N4O2. The Hall–Kier alpha value is -2.37. The number of carbonyl (C=O) groups excluding carboxylic acids is 1. The quantitative estimate of drug-likeness (QED) is 0.909. The van der Waals surface area contributed by atoms with Crippen LogP contribution in [0.1, 0.15) is 37.2 Å². The van der Waals surface area contributed by atoms with Crippen LogP contribution in [0.3, 0.4) is 0 Å². The fraction of sp³-hybridized carbons (Fsp3) is 0.357. The number of anilines is 1. The third-order valence-corrected chi connectivity index (χ3v) is 2.69. The summed E-state index contributed by atoms with van der Waals surface area (Å²) in [6.07, 6.45) is 5.01. The van der Waals surface area contributed by atoms with Gasteiger partial charge in [-0.15, -0.1) is 0 Å². The molecule has 0 atom stereocenters. The van der Waals surface area contributed by atoms with Gasteiger partial charge in [0, 0.05) is 18.4 Å². The summed E-state index contributed by atoms with van der Waals surface area (Å²) in [6, 6.07) is 3.63. The molecule has 0 spiro atoms. The first-order chi connectivity index (χ1) is 9.61. The summed E-state index contributed by atoms with van der Waals surface area (Å²) < 4.78 is 7.13. The van der Waals surface area contributed by atoms with Crippen molar-refractivity contribution in [3.63, 3.8) is 0 Å². The van der Waals surface area contributed by atoms with Crippen LogP contribution in [0.25, 0.3) is 0 Å². The van der Waals surface area contributed by atoms with Crippen molar-refractivity contribution in [2.75, 3.05) is 11.9 Å². The number of amides is 1. The van der Waals surface area contributed by atoms with Crippen molar-refractivity contribution in [1.29, 1.82) is 0 Å². The van der Waals surface area contributed by atoms with Crippen LogP contribution in [0.15, 0.2) is 30.7 Å². The van der Waals surface area contributed by atoms with E-state index in [-0.39, 0.29) is 11.9 Å². The van der Waals surface area contributed by atoms with E-state index in [2.05, 4.69) is 15.4 Å². The molecule has 20 heavy (non-hydrogen) atoms. The highest BCUT2D eigenvalue weighted by Crippen LogP contribution is 2.17. The van der Waals surface area contributed by atoms with Gasteiger partial charge in [0.1, 0.15) is 5.56 Å². The highest BCUT2D eigenvalue weighted by molar-refractivity contribution is 6.05. The zero-order chi connectivity index (χ0) is 14.5. The Morgan fingerprint density at radius 1 is 1.50 bits per heavy atom. The number of aromatic nitrogens is 3. The van der Waals surface area contributed by atoms with Crippen LogP contribution in [0.2, 0.25) is 0 Å². The highest BCUT2D eigenvalue weighted by Gasteiger charge is 2.14. The van der Waals surface area contributed by atoms with E-state index in [0.29, 0.717) is 23.7 Å². The SMILES string of the molecule is CCOc1ncccc1C(=O)Nc1cnn(C(C)C)c1. The lowest BCUT2D eigenvalue weighted by Crippen LogP contribution is -2.14. The van der Waals surface area contributed by atoms with Crippen molar-refractivity contribution >= 4 is 11.6 Å². The second-order valence-corrected chi connectivity index (χ2v) is 4.55. The fourth-order valence-corrected chi connectivity index (χ4v) is 1.70. The van der Waals surface area contributed by atoms with E-state index in [1.807, 2.05) is 20.8 Å². The summed E-state index contributed by atoms with van der Waals surface area (Å²) >= 11 is 0. The Labute approximate surface area is 117 Å². The first-order valence-corrected chi connectivity index (χ1v) is 6.55. The number of pyridine rings is 1. The van der Waals surface area contributed by atoms with E-state index < -0.39 is 0 Å². The molecular weight excluding hydrogens is 256 g/mol. The van der Waals surface area contributed by atoms with Gasteiger partial charge in [0.25, 0.3) is 5.91 Å². The molecule has 0 fully saturated rings. The number of rotatable bonds is 5. The van der Waals surface area contributed by atoms with Gasteiger partial charge in [0.05, 0.1) is 18.5 Å². The standard InChI is InChI=1S/C14H18N4O2/c1-4-20-14-12(6-5-7-15-14)13(19)17-11-8-16-18(9-11)10(2)3/h5-10H,4H2,1-3H3,(H,17,19). The third kappa shape index (κ3) is 3.14. The molecule has 0 aromatic carbocycles. The van der Waals surface area contributed by atoms with E-state index in [1.165, 1.54) is 0 Å². The topological polar surface area (TPSA) is 69.0 Å². The van der Waals surface area contributed by atoms with Gasteiger partial charge in [-0.25, -0.2) is 4.98 Å². The second-order valence-electron chi connectivity index (χ2n) is 4.55. The van der Waals surface area contributed by atoms with Gasteiger partial charge in [-0.3, -0.25) is 9.48 Å². The molecule has 0 unspecified atom stereocenters. The summed E-state index contributed by atoms with van der Waals surface area (Å²) in [7, 11) is 0. The van der Waals surface area contributed by atoms with Gasteiger partial charge < -0.3 is 10.1 Å². The first kappa shape index (κ1) is 14.0. The predicted molar refractivity (Wildman–Crippen MR) is 76.0 cm³/mol. The largest absolute Gasteiger partial charge is 0.477 e. The van der Waals surface area contributed by atoms with Crippen LogP contribution in [-0.4, -0.2) is 27.3 Å². The Kier molecular flexibility index (Phi) is 4.34. The van der Waals surface area contributed by atoms with Crippen molar-refractivity contribution in [2.24, 2.45) is 0 Å². The maximum Gasteiger partial charge on any atom is 0.261 e. The Bertz CT molecular complexity index is 592. The lowest BCUT2D eigenvalue weighted by Gasteiger charge is -2.08. The van der Waals surface area contributed by atoms with Crippen molar-refractivity contribution < 1.29 is 9.53 Å². The number of nitrogens with zero attached hydrogens (tertiary/aromatic N) is 3. The number of nitrogens with one attached hydrogen (secondary N) is 1. The minimum absolute atomic E-state index is 0.248. The van der Waals surface area contributed by atoms with Gasteiger partial charge in [-0.05, 0) is 32.9 Å². The van der Waals surface area contributed by atoms with Gasteiger partial charge in [-0.1, -0.05) is 0 Å². The normalized spacial score (nSPS) is 10.6. The average molecular weight is 274 g/mol. The van der Waals surface area contributed by atoms with Crippen molar-refractivity contribution in [3.05, 3.63) is 36.3 Å². The first-order valence-electron chi connectivity index (χ1n) is 6.55. The molecule has 2 aromatic rings. The zero-order valence-electron chi connectivity index (χ0n) is 11.8. The van der Waals surface area contributed by atoms with Crippen LogP contribution in [0.5, 0.6) is 5.88 Å². The molecule has 1 N–H and O–H groups in total. The monoisotopic (exact) mass is 274 g/mol. The van der Waals surface area contributed by atoms with Crippen LogP contribution in [0.4, 0.5) is 5.69 Å². The van der Waals surface area contributed by atoms with Crippen LogP contribution >= 0.6 is 0 Å². The van der Waals surface area contributed by atoms with Crippen molar-refractivity contribution in [3.8, 4) is 5.88 Å². The number of hydrogen-bond donors (Lipinski definition) is 1. The predicted octanol–water partition coefficient (Wildman–Crippen LogP) is 2.51. The van der Waals surface area contributed by atoms with Crippen LogP contribution in [0, 0.1) is 0 Å². The molecule has 0 radical (unpaired) electrons. The number of hydrogen-bond acceptors (Lipinski definition) is 4. The lowest BCUT2D eigenvalue weighted by atomic mass is 10.2. The van der Waals surface area contributed by atoms with Crippen molar-refractivity contribution in [2.45, 2.75) is 26.8 Å². The molecule has 0 aliphatic rings. The number of ether oxygens (including phenoxy) is 1. The van der Waals surface area contributed by atoms with E-state index in [4.69, 9.17) is 4.74 Å². The summed E-state index contributed by atoms with van der Waals surface area (Å²) in [5.74, 6) is 0.0774. The van der Waals surface area contributed by atoms with Gasteiger partial charge in [0.15, 0.2) is 0 Å². The summed E-state index contributed by atoms with van der Waals surface area (Å²) in [5, 5.41) is 6.97. The third-order valence-electron chi connectivity index (χ3n) is 2.69. The van der Waals surface area contributed by atoms with Crippen molar-refractivity contribution in [1.82, 2.24) is 14.8 Å². The molecule has 0 saturated heterocycles. The van der Waals surface area contributed by atoms with E-state index in [0.717, 1.165) is 0 Å². The maximum atomic E-state index is 12.2. The van der Waals surface area contributed by atoms with Gasteiger partial charge in [-0.2, -0.15) is 5.10 Å². The molecule has 6 nitrogen and oxygen atoms in total. The van der Waals surface area contributed by atoms with E-state index in [9.17, 15) is 4.79 Å². The summed E-state index contributed by atoms with van der Waals surface area (Å²) in [4.78, 5) is 16.3. The fourth-order valence-electron chi connectivity index (χ4n) is 1.70. The smallest absolute Gasteiger partial charge is 0.261 e. The Morgan fingerprint density at radius 3 is 2.95 bits per heavy atom. The second kappa shape index (κ2) is 6.18. The van der Waals surface area contributed by atoms with Crippen LogP contribution < -0.4 is 10.1 Å². The molecule has 0 aliphatic carbocycles. The number of carbonyl (C=O) groups is 1. The average Bonchev–Trinajstić information content (AvgIpc) is 2.88. The molecule has 0 bridgehead atoms. The maximum absolute atomic E-state index is 12.2. The van der Waals surface area contributed by atoms with E-state index in [1.54, 1.807) is 35.4 Å². The molecule has 2 aromatic heterocycles. The van der Waals surface area contributed by atoms with Crippen LogP contribution in [-0.2, 0) is 0 Å². The molecule has 106 valence electrons. The van der Waals surface area contributed by atoms with E-state index >= 15 is 0 Å². The zero-order valence-corrected chi connectivity index (χ0v) is 11.8. The molecule has 1 amide bonds. The summed E-state index contributed by atoms with van der Waals surface area (Å²) in [5.41, 5.74) is 1.06. The summed E-state index contributed by atoms with van der Waals surface area (Å²) in [6.45, 7) is 6.35. The minimum atomic E-state index is -0.259. The Morgan fingerprint density at radius 2 is 2.30 bits per heavy atom.